The summed E-state index contributed by atoms with van der Waals surface area (Å²) >= 11 is 0. The van der Waals surface area contributed by atoms with Crippen molar-refractivity contribution < 1.29 is 4.79 Å². The van der Waals surface area contributed by atoms with Crippen LogP contribution in [0.2, 0.25) is 0 Å². The highest BCUT2D eigenvalue weighted by molar-refractivity contribution is 6.08. The second-order valence-corrected chi connectivity index (χ2v) is 7.11. The van der Waals surface area contributed by atoms with Gasteiger partial charge in [-0.3, -0.25) is 9.78 Å². The van der Waals surface area contributed by atoms with Crippen LogP contribution in [-0.4, -0.2) is 25.7 Å². The number of aromatic amines is 1. The van der Waals surface area contributed by atoms with E-state index in [1.807, 2.05) is 51.1 Å². The van der Waals surface area contributed by atoms with Crippen LogP contribution in [0.25, 0.3) is 33.3 Å². The second kappa shape index (κ2) is 5.48. The van der Waals surface area contributed by atoms with Gasteiger partial charge in [-0.2, -0.15) is 0 Å². The summed E-state index contributed by atoms with van der Waals surface area (Å²) in [6.45, 7) is 5.71. The van der Waals surface area contributed by atoms with Crippen molar-refractivity contribution in [2.75, 3.05) is 0 Å². The van der Waals surface area contributed by atoms with Crippen molar-refractivity contribution in [2.45, 2.75) is 20.8 Å². The van der Waals surface area contributed by atoms with E-state index in [1.165, 1.54) is 0 Å². The number of rotatable bonds is 2. The summed E-state index contributed by atoms with van der Waals surface area (Å²) < 4.78 is 0. The summed E-state index contributed by atoms with van der Waals surface area (Å²) in [5, 5.41) is 1.04. The third-order valence-corrected chi connectivity index (χ3v) is 4.22. The van der Waals surface area contributed by atoms with Gasteiger partial charge in [-0.15, -0.1) is 0 Å². The zero-order valence-electron chi connectivity index (χ0n) is 14.4. The van der Waals surface area contributed by atoms with E-state index in [0.29, 0.717) is 22.4 Å². The van der Waals surface area contributed by atoms with Crippen LogP contribution >= 0.6 is 0 Å². The van der Waals surface area contributed by atoms with Gasteiger partial charge < -0.3 is 4.98 Å². The molecule has 0 saturated heterocycles. The maximum Gasteiger partial charge on any atom is 0.171 e. The van der Waals surface area contributed by atoms with Crippen LogP contribution in [0.15, 0.2) is 48.9 Å². The molecule has 0 aliphatic carbocycles. The minimum atomic E-state index is -0.478. The molecule has 1 aromatic carbocycles. The third-order valence-electron chi connectivity index (χ3n) is 4.22. The summed E-state index contributed by atoms with van der Waals surface area (Å²) in [6.07, 6.45) is 5.18. The van der Waals surface area contributed by atoms with Crippen molar-refractivity contribution in [3.8, 4) is 11.3 Å². The number of fused-ring (bicyclic) bond motifs is 2. The lowest BCUT2D eigenvalue weighted by atomic mass is 9.87. The van der Waals surface area contributed by atoms with Crippen LogP contribution in [0.1, 0.15) is 31.1 Å². The number of pyridine rings is 1. The highest BCUT2D eigenvalue weighted by Gasteiger charge is 2.26. The highest BCUT2D eigenvalue weighted by Crippen LogP contribution is 2.29. The number of hydrogen-bond acceptors (Lipinski definition) is 4. The fraction of sp³-hybridized carbons (Fsp3) is 0.200. The topological polar surface area (TPSA) is 71.5 Å². The van der Waals surface area contributed by atoms with E-state index in [1.54, 1.807) is 18.6 Å². The van der Waals surface area contributed by atoms with Gasteiger partial charge >= 0.3 is 0 Å². The van der Waals surface area contributed by atoms with Crippen molar-refractivity contribution in [3.05, 3.63) is 54.5 Å². The molecule has 1 N–H and O–H groups in total. The van der Waals surface area contributed by atoms with Crippen LogP contribution in [0.5, 0.6) is 0 Å². The number of hydrogen-bond donors (Lipinski definition) is 1. The van der Waals surface area contributed by atoms with E-state index in [2.05, 4.69) is 15.0 Å². The van der Waals surface area contributed by atoms with Crippen molar-refractivity contribution >= 4 is 27.9 Å². The van der Waals surface area contributed by atoms with Crippen molar-refractivity contribution in [1.82, 2.24) is 19.9 Å². The summed E-state index contributed by atoms with van der Waals surface area (Å²) in [5.74, 6) is 0.0428. The molecule has 0 unspecified atom stereocenters. The molecule has 0 radical (unpaired) electrons. The largest absolute Gasteiger partial charge is 0.344 e. The molecule has 3 heterocycles. The first-order valence-electron chi connectivity index (χ1n) is 8.18. The molecule has 25 heavy (non-hydrogen) atoms. The molecule has 0 atom stereocenters. The molecule has 0 amide bonds. The maximum atomic E-state index is 12.7. The third kappa shape index (κ3) is 2.58. The lowest BCUT2D eigenvalue weighted by Gasteiger charge is -2.15. The van der Waals surface area contributed by atoms with Gasteiger partial charge in [0.15, 0.2) is 11.4 Å². The number of carbonyl (C=O) groups excluding carboxylic acids is 1. The lowest BCUT2D eigenvalue weighted by molar-refractivity contribution is 0.0860. The Balaban J connectivity index is 1.93. The summed E-state index contributed by atoms with van der Waals surface area (Å²) in [6, 6.07) is 9.89. The molecule has 0 saturated carbocycles. The minimum absolute atomic E-state index is 0.0428. The maximum absolute atomic E-state index is 12.7. The van der Waals surface area contributed by atoms with Crippen LogP contribution in [0.3, 0.4) is 0 Å². The minimum Gasteiger partial charge on any atom is -0.344 e. The molecule has 5 nitrogen and oxygen atoms in total. The van der Waals surface area contributed by atoms with Crippen molar-refractivity contribution in [1.29, 1.82) is 0 Å². The first-order chi connectivity index (χ1) is 11.9. The quantitative estimate of drug-likeness (QED) is 0.553. The first-order valence-corrected chi connectivity index (χ1v) is 8.18. The van der Waals surface area contributed by atoms with Gasteiger partial charge in [0.25, 0.3) is 0 Å². The zero-order chi connectivity index (χ0) is 17.6. The van der Waals surface area contributed by atoms with Gasteiger partial charge in [0.1, 0.15) is 5.52 Å². The van der Waals surface area contributed by atoms with Gasteiger partial charge in [-0.05, 0) is 6.07 Å². The van der Waals surface area contributed by atoms with E-state index in [9.17, 15) is 4.79 Å². The smallest absolute Gasteiger partial charge is 0.171 e. The first kappa shape index (κ1) is 15.4. The Morgan fingerprint density at radius 1 is 1.04 bits per heavy atom. The average molecular weight is 330 g/mol. The van der Waals surface area contributed by atoms with Crippen LogP contribution in [0, 0.1) is 5.41 Å². The van der Waals surface area contributed by atoms with Gasteiger partial charge in [0.2, 0.25) is 0 Å². The predicted molar refractivity (Wildman–Crippen MR) is 98.4 cm³/mol. The Kier molecular flexibility index (Phi) is 3.39. The molecule has 0 bridgehead atoms. The fourth-order valence-corrected chi connectivity index (χ4v) is 2.91. The fourth-order valence-electron chi connectivity index (χ4n) is 2.91. The van der Waals surface area contributed by atoms with Gasteiger partial charge in [0.05, 0.1) is 23.0 Å². The zero-order valence-corrected chi connectivity index (χ0v) is 14.4. The van der Waals surface area contributed by atoms with E-state index < -0.39 is 5.41 Å². The van der Waals surface area contributed by atoms with E-state index in [-0.39, 0.29) is 5.78 Å². The Morgan fingerprint density at radius 3 is 2.64 bits per heavy atom. The highest BCUT2D eigenvalue weighted by atomic mass is 16.1. The molecule has 124 valence electrons. The number of para-hydroxylation sites is 1. The van der Waals surface area contributed by atoms with Gasteiger partial charge in [-0.1, -0.05) is 45.0 Å². The van der Waals surface area contributed by atoms with Crippen molar-refractivity contribution in [3.63, 3.8) is 0 Å². The Labute approximate surface area is 145 Å². The van der Waals surface area contributed by atoms with Gasteiger partial charge in [-0.25, -0.2) is 9.97 Å². The number of carbonyl (C=O) groups is 1. The lowest BCUT2D eigenvalue weighted by Crippen LogP contribution is -2.20. The number of Topliss-reactive ketones (excluding diaryl/α,β-unsaturated/α-hetero) is 1. The predicted octanol–water partition coefficient (Wildman–Crippen LogP) is 4.40. The number of aromatic nitrogens is 4. The number of ketones is 1. The molecule has 3 aromatic heterocycles. The number of nitrogens with zero attached hydrogens (tertiary/aromatic N) is 3. The van der Waals surface area contributed by atoms with Crippen LogP contribution < -0.4 is 0 Å². The molecule has 0 aliphatic heterocycles. The molecular weight excluding hydrogens is 312 g/mol. The van der Waals surface area contributed by atoms with E-state index >= 15 is 0 Å². The Hall–Kier alpha value is -3.08. The Bertz CT molecular complexity index is 1100. The summed E-state index contributed by atoms with van der Waals surface area (Å²) in [5.41, 5.74) is 3.80. The molecule has 0 aliphatic rings. The monoisotopic (exact) mass is 330 g/mol. The molecule has 4 rings (SSSR count). The number of nitrogens with one attached hydrogen (secondary N) is 1. The molecule has 4 aromatic rings. The number of benzene rings is 1. The standard InChI is InChI=1S/C20H18N4O/c1-20(2,3)18(25)14-10-22-19-17(14)24-15(11-23-19)13-8-4-6-12-7-5-9-21-16(12)13/h4-11H,1-3H3,(H,22,23). The molecule has 0 spiro atoms. The van der Waals surface area contributed by atoms with Crippen molar-refractivity contribution in [2.24, 2.45) is 5.41 Å². The van der Waals surface area contributed by atoms with E-state index in [0.717, 1.165) is 16.5 Å². The summed E-state index contributed by atoms with van der Waals surface area (Å²) in [7, 11) is 0. The van der Waals surface area contributed by atoms with E-state index in [4.69, 9.17) is 4.98 Å². The van der Waals surface area contributed by atoms with Crippen LogP contribution in [-0.2, 0) is 0 Å². The molecule has 0 fully saturated rings. The normalized spacial score (nSPS) is 12.0. The SMILES string of the molecule is CC(C)(C)C(=O)c1c[nH]c2ncc(-c3cccc4cccnc34)nc12. The average Bonchev–Trinajstić information content (AvgIpc) is 3.02. The molecule has 5 heteroatoms. The summed E-state index contributed by atoms with van der Waals surface area (Å²) in [4.78, 5) is 29.4. The van der Waals surface area contributed by atoms with Crippen LogP contribution in [0.4, 0.5) is 0 Å². The second-order valence-electron chi connectivity index (χ2n) is 7.11. The number of H-pyrrole nitrogens is 1. The molecular formula is C20H18N4O. The Morgan fingerprint density at radius 2 is 1.84 bits per heavy atom. The van der Waals surface area contributed by atoms with Gasteiger partial charge in [0, 0.05) is 28.8 Å².